The summed E-state index contributed by atoms with van der Waals surface area (Å²) in [6.45, 7) is 10.6. The number of aliphatic imine (C=N–C) groups is 1. The number of sulfonamides is 1. The van der Waals surface area contributed by atoms with Crippen molar-refractivity contribution in [3.05, 3.63) is 59.7 Å². The van der Waals surface area contributed by atoms with Gasteiger partial charge in [-0.2, -0.15) is 4.31 Å². The SMILES string of the molecule is CC(C)CC(C)N=Cc1c(O)[nH]c2ccc(S(=O)(=O)N(CC(C)C)C[C@@H](O)[C@H](Cc3ccccc3)NC(=O)O[C@H]3COC4OCCC43)cc12. The fraction of sp³-hybridized carbons (Fsp3) is 0.556. The van der Waals surface area contributed by atoms with E-state index in [0.717, 1.165) is 18.4 Å². The standard InChI is InChI=1S/C36H50N4O8S/c1-22(2)15-24(5)37-18-29-28-17-26(11-12-30(28)38-34(29)42)49(44,45)40(19-23(3)4)20-32(41)31(16-25-9-7-6-8-10-25)39-36(43)48-33-21-47-35-27(33)13-14-46-35/h6-12,17-18,22-24,27,31-33,35,38,41-42H,13-16,19-21H2,1-5H3,(H,39,43)/t24?,27?,31-,32+,33-,35?/m0/s1. The smallest absolute Gasteiger partial charge is 0.407 e. The van der Waals surface area contributed by atoms with Gasteiger partial charge >= 0.3 is 6.09 Å². The highest BCUT2D eigenvalue weighted by Crippen LogP contribution is 2.33. The van der Waals surface area contributed by atoms with E-state index in [1.807, 2.05) is 51.1 Å². The monoisotopic (exact) mass is 698 g/mol. The minimum absolute atomic E-state index is 0.0123. The molecule has 2 aliphatic heterocycles. The van der Waals surface area contributed by atoms with Crippen molar-refractivity contribution in [1.29, 1.82) is 0 Å². The Kier molecular flexibility index (Phi) is 12.0. The van der Waals surface area contributed by atoms with Gasteiger partial charge in [-0.3, -0.25) is 4.99 Å². The van der Waals surface area contributed by atoms with E-state index >= 15 is 0 Å². The molecular formula is C36H50N4O8S. The first-order valence-corrected chi connectivity index (χ1v) is 18.6. The Morgan fingerprint density at radius 1 is 1.10 bits per heavy atom. The lowest BCUT2D eigenvalue weighted by molar-refractivity contribution is -0.0907. The van der Waals surface area contributed by atoms with Crippen molar-refractivity contribution in [3.8, 4) is 5.88 Å². The van der Waals surface area contributed by atoms with Crippen LogP contribution >= 0.6 is 0 Å². The number of carbonyl (C=O) groups excluding carboxylic acids is 1. The van der Waals surface area contributed by atoms with Crippen LogP contribution in [-0.4, -0.2) is 97.1 Å². The number of carbonyl (C=O) groups is 1. The van der Waals surface area contributed by atoms with Crippen LogP contribution in [0.5, 0.6) is 5.88 Å². The molecule has 13 heteroatoms. The molecule has 1 amide bonds. The number of ether oxygens (including phenoxy) is 3. The summed E-state index contributed by atoms with van der Waals surface area (Å²) < 4.78 is 46.7. The van der Waals surface area contributed by atoms with Gasteiger partial charge in [0.25, 0.3) is 0 Å². The fourth-order valence-electron chi connectivity index (χ4n) is 6.60. The maximum absolute atomic E-state index is 14.3. The highest BCUT2D eigenvalue weighted by atomic mass is 32.2. The first kappa shape index (κ1) is 36.8. The van der Waals surface area contributed by atoms with E-state index in [9.17, 15) is 23.4 Å². The van der Waals surface area contributed by atoms with Crippen molar-refractivity contribution in [1.82, 2.24) is 14.6 Å². The molecule has 2 fully saturated rings. The molecule has 0 aliphatic carbocycles. The lowest BCUT2D eigenvalue weighted by Crippen LogP contribution is -2.51. The number of aliphatic hydroxyl groups is 1. The van der Waals surface area contributed by atoms with Gasteiger partial charge in [0.1, 0.15) is 6.10 Å². The van der Waals surface area contributed by atoms with Crippen LogP contribution in [0.15, 0.2) is 58.4 Å². The molecule has 2 aliphatic rings. The summed E-state index contributed by atoms with van der Waals surface area (Å²) in [5, 5.41) is 25.6. The van der Waals surface area contributed by atoms with Crippen LogP contribution in [0, 0.1) is 17.8 Å². The van der Waals surface area contributed by atoms with Crippen LogP contribution in [0.1, 0.15) is 58.6 Å². The van der Waals surface area contributed by atoms with Gasteiger partial charge < -0.3 is 34.7 Å². The largest absolute Gasteiger partial charge is 0.494 e. The van der Waals surface area contributed by atoms with E-state index < -0.39 is 34.4 Å². The number of fused-ring (bicyclic) bond motifs is 2. The number of aliphatic hydroxyl groups excluding tert-OH is 1. The number of H-pyrrole nitrogens is 1. The highest BCUT2D eigenvalue weighted by molar-refractivity contribution is 7.89. The van der Waals surface area contributed by atoms with Crippen LogP contribution in [0.3, 0.4) is 0 Å². The van der Waals surface area contributed by atoms with Crippen LogP contribution in [0.25, 0.3) is 10.9 Å². The van der Waals surface area contributed by atoms with E-state index in [1.54, 1.807) is 12.3 Å². The third-order valence-corrected chi connectivity index (χ3v) is 10.8. The van der Waals surface area contributed by atoms with Crippen molar-refractivity contribution in [2.24, 2.45) is 22.7 Å². The molecule has 49 heavy (non-hydrogen) atoms. The number of aromatic amines is 1. The molecule has 12 nitrogen and oxygen atoms in total. The number of benzene rings is 2. The third kappa shape index (κ3) is 9.20. The van der Waals surface area contributed by atoms with Gasteiger partial charge in [0.15, 0.2) is 12.2 Å². The minimum Gasteiger partial charge on any atom is -0.494 e. The Labute approximate surface area is 288 Å². The molecule has 3 aromatic rings. The summed E-state index contributed by atoms with van der Waals surface area (Å²) >= 11 is 0. The van der Waals surface area contributed by atoms with Crippen LogP contribution in [0.4, 0.5) is 4.79 Å². The molecule has 4 N–H and O–H groups in total. The predicted molar refractivity (Wildman–Crippen MR) is 187 cm³/mol. The van der Waals surface area contributed by atoms with E-state index in [2.05, 4.69) is 29.1 Å². The normalized spacial score (nSPS) is 21.5. The number of nitrogens with zero attached hydrogens (tertiary/aromatic N) is 2. The zero-order valence-corrected chi connectivity index (χ0v) is 29.7. The van der Waals surface area contributed by atoms with Gasteiger partial charge in [-0.15, -0.1) is 0 Å². The second-order valence-electron chi connectivity index (χ2n) is 14.0. The molecule has 2 aromatic carbocycles. The van der Waals surface area contributed by atoms with E-state index in [0.29, 0.717) is 29.0 Å². The maximum Gasteiger partial charge on any atom is 0.407 e. The number of alkyl carbamates (subject to hydrolysis) is 1. The summed E-state index contributed by atoms with van der Waals surface area (Å²) in [5.74, 6) is 0.236. The van der Waals surface area contributed by atoms with E-state index in [1.165, 1.54) is 16.4 Å². The zero-order chi connectivity index (χ0) is 35.3. The molecule has 2 saturated heterocycles. The average Bonchev–Trinajstić information content (AvgIpc) is 3.74. The fourth-order valence-corrected chi connectivity index (χ4v) is 8.25. The number of aromatic hydroxyl groups is 1. The van der Waals surface area contributed by atoms with Gasteiger partial charge in [-0.05, 0) is 61.8 Å². The summed E-state index contributed by atoms with van der Waals surface area (Å²) in [7, 11) is -4.14. The van der Waals surface area contributed by atoms with Gasteiger partial charge in [-0.1, -0.05) is 58.0 Å². The van der Waals surface area contributed by atoms with Crippen molar-refractivity contribution in [2.45, 2.75) is 89.4 Å². The molecule has 0 bridgehead atoms. The summed E-state index contributed by atoms with van der Waals surface area (Å²) in [6, 6.07) is 13.1. The first-order chi connectivity index (χ1) is 23.3. The van der Waals surface area contributed by atoms with E-state index in [4.69, 9.17) is 14.2 Å². The van der Waals surface area contributed by atoms with Gasteiger partial charge in [0.2, 0.25) is 10.0 Å². The van der Waals surface area contributed by atoms with Gasteiger partial charge in [0.05, 0.1) is 41.7 Å². The lowest BCUT2D eigenvalue weighted by atomic mass is 10.0. The van der Waals surface area contributed by atoms with Crippen molar-refractivity contribution >= 4 is 33.2 Å². The second kappa shape index (κ2) is 16.0. The van der Waals surface area contributed by atoms with Crippen LogP contribution < -0.4 is 5.32 Å². The van der Waals surface area contributed by atoms with Gasteiger partial charge in [-0.25, -0.2) is 13.2 Å². The Hall–Kier alpha value is -3.49. The Bertz CT molecular complexity index is 1690. The predicted octanol–water partition coefficient (Wildman–Crippen LogP) is 4.83. The third-order valence-electron chi connectivity index (χ3n) is 8.97. The Morgan fingerprint density at radius 2 is 1.86 bits per heavy atom. The Balaban J connectivity index is 1.38. The molecule has 3 unspecified atom stereocenters. The number of amides is 1. The van der Waals surface area contributed by atoms with Gasteiger partial charge in [0, 0.05) is 36.2 Å². The van der Waals surface area contributed by atoms with Crippen molar-refractivity contribution in [3.63, 3.8) is 0 Å². The molecular weight excluding hydrogens is 648 g/mol. The van der Waals surface area contributed by atoms with Crippen LogP contribution in [0.2, 0.25) is 0 Å². The minimum atomic E-state index is -4.14. The molecule has 5 rings (SSSR count). The molecule has 0 radical (unpaired) electrons. The number of nitrogens with one attached hydrogen (secondary N) is 2. The van der Waals surface area contributed by atoms with Crippen LogP contribution in [-0.2, 0) is 30.7 Å². The molecule has 3 heterocycles. The average molecular weight is 699 g/mol. The topological polar surface area (TPSA) is 163 Å². The number of hydrogen-bond acceptors (Lipinski definition) is 9. The summed E-state index contributed by atoms with van der Waals surface area (Å²) in [5.41, 5.74) is 1.83. The molecule has 0 spiro atoms. The number of hydrogen-bond donors (Lipinski definition) is 4. The second-order valence-corrected chi connectivity index (χ2v) is 16.0. The summed E-state index contributed by atoms with van der Waals surface area (Å²) in [6.07, 6.45) is 0.567. The summed E-state index contributed by atoms with van der Waals surface area (Å²) in [4.78, 5) is 20.7. The number of aromatic nitrogens is 1. The number of rotatable bonds is 15. The quantitative estimate of drug-likeness (QED) is 0.164. The highest BCUT2D eigenvalue weighted by Gasteiger charge is 2.44. The zero-order valence-electron chi connectivity index (χ0n) is 28.9. The van der Waals surface area contributed by atoms with Crippen molar-refractivity contribution < 1.29 is 37.6 Å². The molecule has 268 valence electrons. The van der Waals surface area contributed by atoms with E-state index in [-0.39, 0.29) is 61.1 Å². The molecule has 1 aromatic heterocycles. The lowest BCUT2D eigenvalue weighted by Gasteiger charge is -2.31. The maximum atomic E-state index is 14.3. The molecule has 0 saturated carbocycles. The first-order valence-electron chi connectivity index (χ1n) is 17.1. The van der Waals surface area contributed by atoms with Crippen molar-refractivity contribution in [2.75, 3.05) is 26.3 Å². The molecule has 6 atom stereocenters. The Morgan fingerprint density at radius 3 is 2.57 bits per heavy atom.